The molecule has 0 bridgehead atoms. The Morgan fingerprint density at radius 3 is 2.15 bits per heavy atom. The molecular formula is C7H15BF3KO. The molecule has 0 aliphatic carbocycles. The monoisotopic (exact) mass is 222 g/mol. The average Bonchev–Trinajstić information content (AvgIpc) is 1.83. The van der Waals surface area contributed by atoms with Crippen LogP contribution in [0.25, 0.3) is 0 Å². The molecule has 0 rings (SSSR count). The fourth-order valence-corrected chi connectivity index (χ4v) is 0.811. The summed E-state index contributed by atoms with van der Waals surface area (Å²) in [6, 6.07) is 0. The molecule has 0 saturated carbocycles. The second-order valence-electron chi connectivity index (χ2n) is 3.32. The van der Waals surface area contributed by atoms with E-state index in [0.717, 1.165) is 6.42 Å². The van der Waals surface area contributed by atoms with E-state index < -0.39 is 13.5 Å². The standard InChI is InChI=1S/C7H15BF3O.K/c1-7(2)4-3-5-12-6-8(9,10)11;/h7H,3-6H2,1-2H3;/q-1;+1. The Morgan fingerprint density at radius 2 is 1.77 bits per heavy atom. The zero-order valence-corrected chi connectivity index (χ0v) is 11.6. The molecule has 0 aromatic heterocycles. The van der Waals surface area contributed by atoms with Crippen molar-refractivity contribution in [3.63, 3.8) is 0 Å². The first-order valence-electron chi connectivity index (χ1n) is 4.20. The number of hydrogen-bond acceptors (Lipinski definition) is 1. The van der Waals surface area contributed by atoms with Gasteiger partial charge in [0.25, 0.3) is 0 Å². The molecule has 6 heteroatoms. The van der Waals surface area contributed by atoms with Crippen LogP contribution < -0.4 is 51.4 Å². The fraction of sp³-hybridized carbons (Fsp3) is 1.00. The Labute approximate surface area is 120 Å². The number of ether oxygens (including phenoxy) is 1. The number of halogens is 3. The van der Waals surface area contributed by atoms with E-state index in [0.29, 0.717) is 12.3 Å². The zero-order chi connectivity index (χ0) is 9.61. The number of hydrogen-bond donors (Lipinski definition) is 0. The molecule has 0 N–H and O–H groups in total. The van der Waals surface area contributed by atoms with Crippen LogP contribution in [0.5, 0.6) is 0 Å². The van der Waals surface area contributed by atoms with E-state index in [-0.39, 0.29) is 58.0 Å². The minimum atomic E-state index is -4.76. The van der Waals surface area contributed by atoms with Gasteiger partial charge in [-0.3, -0.25) is 0 Å². The van der Waals surface area contributed by atoms with E-state index in [4.69, 9.17) is 0 Å². The van der Waals surface area contributed by atoms with Gasteiger partial charge in [0.05, 0.1) is 0 Å². The van der Waals surface area contributed by atoms with E-state index >= 15 is 0 Å². The molecule has 13 heavy (non-hydrogen) atoms. The molecule has 0 aliphatic rings. The van der Waals surface area contributed by atoms with Crippen LogP contribution in [0.3, 0.4) is 0 Å². The molecule has 0 amide bonds. The van der Waals surface area contributed by atoms with Crippen molar-refractivity contribution in [2.45, 2.75) is 26.7 Å². The molecule has 0 unspecified atom stereocenters. The van der Waals surface area contributed by atoms with Crippen LogP contribution in [0.15, 0.2) is 0 Å². The van der Waals surface area contributed by atoms with Gasteiger partial charge in [-0.2, -0.15) is 0 Å². The Bertz CT molecular complexity index is 119. The van der Waals surface area contributed by atoms with Crippen molar-refractivity contribution < 1.29 is 69.1 Å². The summed E-state index contributed by atoms with van der Waals surface area (Å²) in [4.78, 5) is 0. The predicted octanol–water partition coefficient (Wildman–Crippen LogP) is -0.170. The summed E-state index contributed by atoms with van der Waals surface area (Å²) >= 11 is 0. The van der Waals surface area contributed by atoms with E-state index in [9.17, 15) is 12.9 Å². The Balaban J connectivity index is 0. The minimum absolute atomic E-state index is 0. The molecule has 0 radical (unpaired) electrons. The van der Waals surface area contributed by atoms with Gasteiger partial charge in [-0.1, -0.05) is 13.8 Å². The minimum Gasteiger partial charge on any atom is -0.447 e. The van der Waals surface area contributed by atoms with Crippen LogP contribution in [-0.4, -0.2) is 20.1 Å². The summed E-state index contributed by atoms with van der Waals surface area (Å²) in [5.74, 6) is 0.532. The van der Waals surface area contributed by atoms with Gasteiger partial charge < -0.3 is 17.7 Å². The van der Waals surface area contributed by atoms with E-state index in [2.05, 4.69) is 4.74 Å². The third kappa shape index (κ3) is 16.1. The first kappa shape index (κ1) is 16.9. The van der Waals surface area contributed by atoms with Crippen LogP contribution in [0.4, 0.5) is 12.9 Å². The van der Waals surface area contributed by atoms with E-state index in [1.54, 1.807) is 0 Å². The van der Waals surface area contributed by atoms with Gasteiger partial charge in [-0.25, -0.2) is 0 Å². The first-order chi connectivity index (χ1) is 5.42. The van der Waals surface area contributed by atoms with Crippen LogP contribution in [0.1, 0.15) is 26.7 Å². The summed E-state index contributed by atoms with van der Waals surface area (Å²) < 4.78 is 39.2. The summed E-state index contributed by atoms with van der Waals surface area (Å²) in [5, 5.41) is 0. The van der Waals surface area contributed by atoms with E-state index in [1.807, 2.05) is 13.8 Å². The van der Waals surface area contributed by atoms with Gasteiger partial charge >= 0.3 is 58.4 Å². The summed E-state index contributed by atoms with van der Waals surface area (Å²) in [6.45, 7) is -1.52. The molecule has 0 aromatic carbocycles. The third-order valence-corrected chi connectivity index (χ3v) is 1.38. The van der Waals surface area contributed by atoms with Crippen molar-refractivity contribution in [2.75, 3.05) is 13.1 Å². The third-order valence-electron chi connectivity index (χ3n) is 1.38. The Morgan fingerprint density at radius 1 is 1.23 bits per heavy atom. The maximum Gasteiger partial charge on any atom is 1.00 e. The average molecular weight is 222 g/mol. The van der Waals surface area contributed by atoms with Gasteiger partial charge in [0, 0.05) is 13.1 Å². The molecule has 0 saturated heterocycles. The molecule has 0 spiro atoms. The molecule has 0 fully saturated rings. The Hall–Kier alpha value is 1.45. The molecule has 0 aromatic rings. The van der Waals surface area contributed by atoms with Gasteiger partial charge in [0.1, 0.15) is 0 Å². The largest absolute Gasteiger partial charge is 1.00 e. The van der Waals surface area contributed by atoms with Crippen molar-refractivity contribution in [1.82, 2.24) is 0 Å². The second kappa shape index (κ2) is 8.74. The smallest absolute Gasteiger partial charge is 0.447 e. The topological polar surface area (TPSA) is 9.23 Å². The van der Waals surface area contributed by atoms with Crippen LogP contribution in [0.2, 0.25) is 0 Å². The SMILES string of the molecule is CC(C)CCCOC[B-](F)(F)F.[K+]. The quantitative estimate of drug-likeness (QED) is 0.448. The maximum atomic E-state index is 11.6. The molecule has 1 nitrogen and oxygen atoms in total. The van der Waals surface area contributed by atoms with Gasteiger partial charge in [0.2, 0.25) is 0 Å². The van der Waals surface area contributed by atoms with Crippen molar-refractivity contribution in [2.24, 2.45) is 5.92 Å². The van der Waals surface area contributed by atoms with Gasteiger partial charge in [-0.05, 0) is 18.8 Å². The molecule has 0 heterocycles. The first-order valence-corrected chi connectivity index (χ1v) is 4.20. The van der Waals surface area contributed by atoms with Gasteiger partial charge in [0.15, 0.2) is 0 Å². The van der Waals surface area contributed by atoms with Crippen LogP contribution in [-0.2, 0) is 4.74 Å². The van der Waals surface area contributed by atoms with Gasteiger partial charge in [-0.15, -0.1) is 0 Å². The van der Waals surface area contributed by atoms with Crippen molar-refractivity contribution in [3.8, 4) is 0 Å². The number of rotatable bonds is 6. The molecular weight excluding hydrogens is 207 g/mol. The zero-order valence-electron chi connectivity index (χ0n) is 8.53. The van der Waals surface area contributed by atoms with Crippen molar-refractivity contribution in [3.05, 3.63) is 0 Å². The summed E-state index contributed by atoms with van der Waals surface area (Å²) in [6.07, 6.45) is 1.63. The normalized spacial score (nSPS) is 11.5. The van der Waals surface area contributed by atoms with Crippen LogP contribution in [0, 0.1) is 5.92 Å². The molecule has 74 valence electrons. The van der Waals surface area contributed by atoms with E-state index in [1.165, 1.54) is 0 Å². The Kier molecular flexibility index (Phi) is 11.3. The summed E-state index contributed by atoms with van der Waals surface area (Å²) in [5.41, 5.74) is 0. The molecule has 0 atom stereocenters. The fourth-order valence-electron chi connectivity index (χ4n) is 0.811. The maximum absolute atomic E-state index is 11.6. The van der Waals surface area contributed by atoms with Crippen molar-refractivity contribution >= 4 is 6.98 Å². The second-order valence-corrected chi connectivity index (χ2v) is 3.32. The van der Waals surface area contributed by atoms with Crippen molar-refractivity contribution in [1.29, 1.82) is 0 Å². The van der Waals surface area contributed by atoms with Crippen LogP contribution >= 0.6 is 0 Å². The summed E-state index contributed by atoms with van der Waals surface area (Å²) in [7, 11) is 0. The predicted molar refractivity (Wildman–Crippen MR) is 44.0 cm³/mol. The molecule has 0 aliphatic heterocycles.